The lowest BCUT2D eigenvalue weighted by molar-refractivity contribution is -0.255. The summed E-state index contributed by atoms with van der Waals surface area (Å²) >= 11 is 5.57. The second-order valence-corrected chi connectivity index (χ2v) is 2.64. The van der Waals surface area contributed by atoms with Crippen molar-refractivity contribution >= 4 is 17.6 Å². The summed E-state index contributed by atoms with van der Waals surface area (Å²) in [5, 5.41) is 10.4. The smallest absolute Gasteiger partial charge is 0.138 e. The van der Waals surface area contributed by atoms with E-state index in [0.717, 1.165) is 12.1 Å². The minimum Gasteiger partial charge on any atom is -0.545 e. The maximum atomic E-state index is 10.4. The standard InChI is InChI=1S/C8H8ClNO2/c1-2-5-3-4-6(8(11)12)7(9)10-5/h3-4H,2H2,1H3,(H,11,12)/p-1. The Hall–Kier alpha value is -1.09. The van der Waals surface area contributed by atoms with Gasteiger partial charge >= 0.3 is 0 Å². The van der Waals surface area contributed by atoms with Crippen molar-refractivity contribution in [1.29, 1.82) is 0 Å². The Bertz CT molecular complexity index is 312. The molecule has 0 N–H and O–H groups in total. The molecule has 0 fully saturated rings. The van der Waals surface area contributed by atoms with Crippen molar-refractivity contribution in [3.8, 4) is 0 Å². The Kier molecular flexibility index (Phi) is 2.65. The molecule has 0 saturated heterocycles. The van der Waals surface area contributed by atoms with E-state index in [-0.39, 0.29) is 10.7 Å². The predicted molar refractivity (Wildman–Crippen MR) is 43.0 cm³/mol. The Labute approximate surface area is 75.0 Å². The monoisotopic (exact) mass is 184 g/mol. The fourth-order valence-corrected chi connectivity index (χ4v) is 1.07. The van der Waals surface area contributed by atoms with Crippen molar-refractivity contribution < 1.29 is 9.90 Å². The van der Waals surface area contributed by atoms with Crippen LogP contribution in [0.3, 0.4) is 0 Å². The van der Waals surface area contributed by atoms with E-state index in [4.69, 9.17) is 11.6 Å². The summed E-state index contributed by atoms with van der Waals surface area (Å²) in [4.78, 5) is 14.2. The van der Waals surface area contributed by atoms with Gasteiger partial charge in [0.05, 0.1) is 5.97 Å². The quantitative estimate of drug-likeness (QED) is 0.635. The van der Waals surface area contributed by atoms with Gasteiger partial charge in [0.2, 0.25) is 0 Å². The predicted octanol–water partition coefficient (Wildman–Crippen LogP) is 0.661. The number of rotatable bonds is 2. The normalized spacial score (nSPS) is 9.83. The molecule has 1 rings (SSSR count). The summed E-state index contributed by atoms with van der Waals surface area (Å²) in [6.45, 7) is 1.91. The van der Waals surface area contributed by atoms with Gasteiger partial charge in [0, 0.05) is 11.3 Å². The molecular formula is C8H7ClNO2-. The van der Waals surface area contributed by atoms with Crippen LogP contribution in [0.15, 0.2) is 12.1 Å². The average Bonchev–Trinajstić information content (AvgIpc) is 2.03. The zero-order chi connectivity index (χ0) is 9.14. The van der Waals surface area contributed by atoms with E-state index < -0.39 is 5.97 Å². The third-order valence-electron chi connectivity index (χ3n) is 1.49. The number of carboxylic acid groups (broad SMARTS) is 1. The van der Waals surface area contributed by atoms with Crippen LogP contribution in [-0.2, 0) is 6.42 Å². The number of pyridine rings is 1. The fourth-order valence-electron chi connectivity index (χ4n) is 0.821. The zero-order valence-electron chi connectivity index (χ0n) is 6.50. The molecule has 1 aromatic rings. The van der Waals surface area contributed by atoms with Crippen molar-refractivity contribution in [2.24, 2.45) is 0 Å². The first kappa shape index (κ1) is 9.00. The Balaban J connectivity index is 3.12. The van der Waals surface area contributed by atoms with E-state index in [9.17, 15) is 9.90 Å². The molecule has 0 aliphatic rings. The van der Waals surface area contributed by atoms with E-state index in [1.54, 1.807) is 6.07 Å². The van der Waals surface area contributed by atoms with Gasteiger partial charge in [-0.2, -0.15) is 0 Å². The van der Waals surface area contributed by atoms with Crippen LogP contribution in [0.2, 0.25) is 5.15 Å². The number of aromatic carboxylic acids is 1. The first-order chi connectivity index (χ1) is 5.65. The van der Waals surface area contributed by atoms with Gasteiger partial charge in [-0.15, -0.1) is 0 Å². The van der Waals surface area contributed by atoms with Gasteiger partial charge in [-0.05, 0) is 18.6 Å². The van der Waals surface area contributed by atoms with Gasteiger partial charge in [-0.3, -0.25) is 0 Å². The highest BCUT2D eigenvalue weighted by Crippen LogP contribution is 2.12. The number of aromatic nitrogens is 1. The van der Waals surface area contributed by atoms with Crippen LogP contribution in [0, 0.1) is 0 Å². The number of carbonyl (C=O) groups excluding carboxylic acids is 1. The van der Waals surface area contributed by atoms with Crippen LogP contribution in [0.5, 0.6) is 0 Å². The first-order valence-electron chi connectivity index (χ1n) is 3.52. The van der Waals surface area contributed by atoms with Gasteiger partial charge in [0.25, 0.3) is 0 Å². The highest BCUT2D eigenvalue weighted by atomic mass is 35.5. The molecule has 0 saturated carbocycles. The minimum absolute atomic E-state index is 0.00523. The highest BCUT2D eigenvalue weighted by molar-refractivity contribution is 6.32. The van der Waals surface area contributed by atoms with E-state index in [2.05, 4.69) is 4.98 Å². The third kappa shape index (κ3) is 1.74. The van der Waals surface area contributed by atoms with Crippen LogP contribution in [-0.4, -0.2) is 11.0 Å². The van der Waals surface area contributed by atoms with Crippen molar-refractivity contribution in [2.75, 3.05) is 0 Å². The summed E-state index contributed by atoms with van der Waals surface area (Å²) < 4.78 is 0. The van der Waals surface area contributed by atoms with E-state index >= 15 is 0 Å². The number of nitrogens with zero attached hydrogens (tertiary/aromatic N) is 1. The van der Waals surface area contributed by atoms with Gasteiger partial charge in [-0.1, -0.05) is 18.5 Å². The summed E-state index contributed by atoms with van der Waals surface area (Å²) in [5.74, 6) is -1.30. The average molecular weight is 185 g/mol. The van der Waals surface area contributed by atoms with E-state index in [1.807, 2.05) is 6.92 Å². The second kappa shape index (κ2) is 3.54. The number of hydrogen-bond donors (Lipinski definition) is 0. The minimum atomic E-state index is -1.30. The molecular weight excluding hydrogens is 178 g/mol. The third-order valence-corrected chi connectivity index (χ3v) is 1.78. The van der Waals surface area contributed by atoms with Crippen molar-refractivity contribution in [3.05, 3.63) is 28.5 Å². The number of carbonyl (C=O) groups is 1. The van der Waals surface area contributed by atoms with Gasteiger partial charge in [-0.25, -0.2) is 4.98 Å². The summed E-state index contributed by atoms with van der Waals surface area (Å²) in [5.41, 5.74) is 0.707. The SMILES string of the molecule is CCc1ccc(C(=O)[O-])c(Cl)n1. The topological polar surface area (TPSA) is 53.0 Å². The fraction of sp³-hybridized carbons (Fsp3) is 0.250. The van der Waals surface area contributed by atoms with E-state index in [0.29, 0.717) is 0 Å². The molecule has 0 bridgehead atoms. The van der Waals surface area contributed by atoms with Crippen LogP contribution < -0.4 is 5.11 Å². The van der Waals surface area contributed by atoms with Gasteiger partial charge in [0.15, 0.2) is 0 Å². The maximum absolute atomic E-state index is 10.4. The summed E-state index contributed by atoms with van der Waals surface area (Å²) in [6, 6.07) is 3.03. The molecule has 0 aliphatic heterocycles. The molecule has 1 aromatic heterocycles. The van der Waals surface area contributed by atoms with Gasteiger partial charge in [0.1, 0.15) is 5.15 Å². The molecule has 0 spiro atoms. The van der Waals surface area contributed by atoms with Crippen LogP contribution in [0.25, 0.3) is 0 Å². The van der Waals surface area contributed by atoms with Crippen molar-refractivity contribution in [1.82, 2.24) is 4.98 Å². The highest BCUT2D eigenvalue weighted by Gasteiger charge is 2.02. The second-order valence-electron chi connectivity index (χ2n) is 2.28. The zero-order valence-corrected chi connectivity index (χ0v) is 7.26. The maximum Gasteiger partial charge on any atom is 0.138 e. The van der Waals surface area contributed by atoms with Gasteiger partial charge < -0.3 is 9.90 Å². The lowest BCUT2D eigenvalue weighted by atomic mass is 10.2. The molecule has 0 amide bonds. The molecule has 0 aliphatic carbocycles. The molecule has 12 heavy (non-hydrogen) atoms. The summed E-state index contributed by atoms with van der Waals surface area (Å²) in [7, 11) is 0. The lowest BCUT2D eigenvalue weighted by Crippen LogP contribution is -2.23. The number of aryl methyl sites for hydroxylation is 1. The molecule has 1 heterocycles. The Morgan fingerprint density at radius 3 is 2.75 bits per heavy atom. The molecule has 4 heteroatoms. The lowest BCUT2D eigenvalue weighted by Gasteiger charge is -2.04. The van der Waals surface area contributed by atoms with Crippen molar-refractivity contribution in [2.45, 2.75) is 13.3 Å². The van der Waals surface area contributed by atoms with Crippen LogP contribution in [0.4, 0.5) is 0 Å². The molecule has 64 valence electrons. The van der Waals surface area contributed by atoms with Crippen LogP contribution >= 0.6 is 11.6 Å². The largest absolute Gasteiger partial charge is 0.545 e. The first-order valence-corrected chi connectivity index (χ1v) is 3.89. The molecule has 0 radical (unpaired) electrons. The number of hydrogen-bond acceptors (Lipinski definition) is 3. The van der Waals surface area contributed by atoms with Crippen molar-refractivity contribution in [3.63, 3.8) is 0 Å². The Morgan fingerprint density at radius 1 is 1.67 bits per heavy atom. The Morgan fingerprint density at radius 2 is 2.33 bits per heavy atom. The number of carboxylic acids is 1. The molecule has 0 unspecified atom stereocenters. The molecule has 0 aromatic carbocycles. The van der Waals surface area contributed by atoms with E-state index in [1.165, 1.54) is 6.07 Å². The number of halogens is 1. The molecule has 0 atom stereocenters. The molecule has 3 nitrogen and oxygen atoms in total. The summed E-state index contributed by atoms with van der Waals surface area (Å²) in [6.07, 6.45) is 0.729. The van der Waals surface area contributed by atoms with Crippen LogP contribution in [0.1, 0.15) is 23.0 Å².